The van der Waals surface area contributed by atoms with Crippen LogP contribution in [0.3, 0.4) is 0 Å². The van der Waals surface area contributed by atoms with Crippen molar-refractivity contribution in [2.75, 3.05) is 0 Å². The molecular weight excluding hydrogens is 231 g/mol. The fourth-order valence-corrected chi connectivity index (χ4v) is 1.83. The molecular formula is C14H15FN2O. The van der Waals surface area contributed by atoms with E-state index in [1.165, 1.54) is 6.07 Å². The van der Waals surface area contributed by atoms with Crippen LogP contribution in [0, 0.1) is 12.7 Å². The van der Waals surface area contributed by atoms with Gasteiger partial charge >= 0.3 is 0 Å². The third kappa shape index (κ3) is 2.32. The predicted molar refractivity (Wildman–Crippen MR) is 68.0 cm³/mol. The smallest absolute Gasteiger partial charge is 0.153 e. The van der Waals surface area contributed by atoms with Crippen LogP contribution in [0.5, 0.6) is 0 Å². The third-order valence-electron chi connectivity index (χ3n) is 2.81. The van der Waals surface area contributed by atoms with Crippen LogP contribution in [0.15, 0.2) is 24.4 Å². The van der Waals surface area contributed by atoms with Crippen molar-refractivity contribution >= 4 is 6.29 Å². The Kier molecular flexibility index (Phi) is 3.55. The van der Waals surface area contributed by atoms with Crippen LogP contribution in [-0.4, -0.2) is 16.1 Å². The van der Waals surface area contributed by atoms with Gasteiger partial charge in [-0.2, -0.15) is 5.10 Å². The van der Waals surface area contributed by atoms with E-state index in [1.807, 2.05) is 6.92 Å². The van der Waals surface area contributed by atoms with E-state index in [0.29, 0.717) is 22.4 Å². The van der Waals surface area contributed by atoms with E-state index in [2.05, 4.69) is 5.10 Å². The van der Waals surface area contributed by atoms with E-state index >= 15 is 0 Å². The molecule has 2 rings (SSSR count). The zero-order chi connectivity index (χ0) is 13.1. The lowest BCUT2D eigenvalue weighted by atomic mass is 10.1. The summed E-state index contributed by atoms with van der Waals surface area (Å²) < 4.78 is 15.3. The van der Waals surface area contributed by atoms with Crippen molar-refractivity contribution in [3.05, 3.63) is 41.3 Å². The Morgan fingerprint density at radius 1 is 1.44 bits per heavy atom. The molecule has 0 fully saturated rings. The molecule has 0 saturated heterocycles. The molecule has 0 aliphatic heterocycles. The largest absolute Gasteiger partial charge is 0.298 e. The first kappa shape index (κ1) is 12.5. The van der Waals surface area contributed by atoms with E-state index in [-0.39, 0.29) is 5.82 Å². The quantitative estimate of drug-likeness (QED) is 0.776. The second-order valence-corrected chi connectivity index (χ2v) is 4.28. The number of halogens is 1. The average molecular weight is 246 g/mol. The summed E-state index contributed by atoms with van der Waals surface area (Å²) in [5.74, 6) is -0.283. The summed E-state index contributed by atoms with van der Waals surface area (Å²) in [7, 11) is 0. The number of rotatable bonds is 4. The van der Waals surface area contributed by atoms with E-state index in [0.717, 1.165) is 19.3 Å². The van der Waals surface area contributed by atoms with Crippen LogP contribution in [0.2, 0.25) is 0 Å². The topological polar surface area (TPSA) is 34.9 Å². The summed E-state index contributed by atoms with van der Waals surface area (Å²) in [6, 6.07) is 4.89. The molecule has 0 aliphatic carbocycles. The highest BCUT2D eigenvalue weighted by molar-refractivity contribution is 5.85. The molecule has 0 unspecified atom stereocenters. The summed E-state index contributed by atoms with van der Waals surface area (Å²) in [5.41, 5.74) is 2.25. The molecule has 1 aromatic carbocycles. The van der Waals surface area contributed by atoms with Crippen molar-refractivity contribution in [1.29, 1.82) is 0 Å². The average Bonchev–Trinajstić information content (AvgIpc) is 2.76. The third-order valence-corrected chi connectivity index (χ3v) is 2.81. The molecule has 0 saturated carbocycles. The summed E-state index contributed by atoms with van der Waals surface area (Å²) in [4.78, 5) is 11.0. The van der Waals surface area contributed by atoms with Gasteiger partial charge in [-0.05, 0) is 25.0 Å². The molecule has 0 atom stereocenters. The van der Waals surface area contributed by atoms with Gasteiger partial charge in [0.2, 0.25) is 0 Å². The number of aryl methyl sites for hydroxylation is 2. The van der Waals surface area contributed by atoms with Gasteiger partial charge in [-0.15, -0.1) is 0 Å². The standard InChI is InChI=1S/C14H15FN2O/c1-3-6-17-8-12(9-18)14(16-17)11-5-4-10(2)13(15)7-11/h4-5,7-9H,3,6H2,1-2H3. The van der Waals surface area contributed by atoms with Crippen LogP contribution in [-0.2, 0) is 6.54 Å². The van der Waals surface area contributed by atoms with Crippen LogP contribution < -0.4 is 0 Å². The first-order valence-corrected chi connectivity index (χ1v) is 5.95. The maximum absolute atomic E-state index is 13.5. The Balaban J connectivity index is 2.48. The Morgan fingerprint density at radius 3 is 2.83 bits per heavy atom. The zero-order valence-electron chi connectivity index (χ0n) is 10.5. The minimum absolute atomic E-state index is 0.283. The molecule has 18 heavy (non-hydrogen) atoms. The lowest BCUT2D eigenvalue weighted by Crippen LogP contribution is -1.96. The summed E-state index contributed by atoms with van der Waals surface area (Å²) >= 11 is 0. The summed E-state index contributed by atoms with van der Waals surface area (Å²) in [6.45, 7) is 4.48. The maximum Gasteiger partial charge on any atom is 0.153 e. The SMILES string of the molecule is CCCn1cc(C=O)c(-c2ccc(C)c(F)c2)n1. The van der Waals surface area contributed by atoms with Gasteiger partial charge in [0.15, 0.2) is 6.29 Å². The first-order chi connectivity index (χ1) is 8.65. The first-order valence-electron chi connectivity index (χ1n) is 5.95. The molecule has 0 spiro atoms. The van der Waals surface area contributed by atoms with Crippen molar-refractivity contribution in [3.8, 4) is 11.3 Å². The van der Waals surface area contributed by atoms with Gasteiger partial charge in [-0.25, -0.2) is 4.39 Å². The highest BCUT2D eigenvalue weighted by atomic mass is 19.1. The number of aldehydes is 1. The number of carbonyl (C=O) groups is 1. The monoisotopic (exact) mass is 246 g/mol. The Hall–Kier alpha value is -1.97. The lowest BCUT2D eigenvalue weighted by Gasteiger charge is -2.01. The number of hydrogen-bond donors (Lipinski definition) is 0. The van der Waals surface area contributed by atoms with E-state index in [1.54, 1.807) is 29.9 Å². The van der Waals surface area contributed by atoms with Gasteiger partial charge < -0.3 is 0 Å². The number of hydrogen-bond acceptors (Lipinski definition) is 2. The van der Waals surface area contributed by atoms with E-state index in [9.17, 15) is 9.18 Å². The molecule has 1 aromatic heterocycles. The molecule has 0 bridgehead atoms. The van der Waals surface area contributed by atoms with E-state index < -0.39 is 0 Å². The van der Waals surface area contributed by atoms with Crippen molar-refractivity contribution in [2.24, 2.45) is 0 Å². The molecule has 0 amide bonds. The van der Waals surface area contributed by atoms with Crippen LogP contribution in [0.25, 0.3) is 11.3 Å². The van der Waals surface area contributed by atoms with Crippen LogP contribution in [0.1, 0.15) is 29.3 Å². The highest BCUT2D eigenvalue weighted by Gasteiger charge is 2.11. The Bertz CT molecular complexity index is 575. The number of aromatic nitrogens is 2. The van der Waals surface area contributed by atoms with Crippen molar-refractivity contribution in [1.82, 2.24) is 9.78 Å². The minimum atomic E-state index is -0.283. The lowest BCUT2D eigenvalue weighted by molar-refractivity contribution is 0.112. The highest BCUT2D eigenvalue weighted by Crippen LogP contribution is 2.23. The van der Waals surface area contributed by atoms with Crippen LogP contribution >= 0.6 is 0 Å². The molecule has 94 valence electrons. The predicted octanol–water partition coefficient (Wildman–Crippen LogP) is 3.22. The fraction of sp³-hybridized carbons (Fsp3) is 0.286. The maximum atomic E-state index is 13.5. The zero-order valence-corrected chi connectivity index (χ0v) is 10.5. The van der Waals surface area contributed by atoms with Gasteiger partial charge in [0.05, 0.1) is 5.56 Å². The van der Waals surface area contributed by atoms with Crippen molar-refractivity contribution < 1.29 is 9.18 Å². The van der Waals surface area contributed by atoms with Gasteiger partial charge in [0.1, 0.15) is 11.5 Å². The van der Waals surface area contributed by atoms with Gasteiger partial charge in [0.25, 0.3) is 0 Å². The second-order valence-electron chi connectivity index (χ2n) is 4.28. The number of nitrogens with zero attached hydrogens (tertiary/aromatic N) is 2. The molecule has 4 heteroatoms. The van der Waals surface area contributed by atoms with Gasteiger partial charge in [0, 0.05) is 18.3 Å². The Morgan fingerprint density at radius 2 is 2.22 bits per heavy atom. The van der Waals surface area contributed by atoms with Crippen molar-refractivity contribution in [3.63, 3.8) is 0 Å². The minimum Gasteiger partial charge on any atom is -0.298 e. The van der Waals surface area contributed by atoms with Gasteiger partial charge in [-0.3, -0.25) is 9.48 Å². The second kappa shape index (κ2) is 5.12. The molecule has 1 heterocycles. The van der Waals surface area contributed by atoms with Gasteiger partial charge in [-0.1, -0.05) is 19.1 Å². The summed E-state index contributed by atoms with van der Waals surface area (Å²) in [5, 5.41) is 4.33. The van der Waals surface area contributed by atoms with Crippen LogP contribution in [0.4, 0.5) is 4.39 Å². The van der Waals surface area contributed by atoms with Crippen molar-refractivity contribution in [2.45, 2.75) is 26.8 Å². The summed E-state index contributed by atoms with van der Waals surface area (Å²) in [6.07, 6.45) is 3.39. The van der Waals surface area contributed by atoms with E-state index in [4.69, 9.17) is 0 Å². The molecule has 0 aliphatic rings. The number of carbonyl (C=O) groups excluding carboxylic acids is 1. The number of benzene rings is 1. The molecule has 0 radical (unpaired) electrons. The Labute approximate surface area is 105 Å². The molecule has 2 aromatic rings. The fourth-order valence-electron chi connectivity index (χ4n) is 1.83. The normalized spacial score (nSPS) is 10.6. The molecule has 0 N–H and O–H groups in total. The molecule has 3 nitrogen and oxygen atoms in total.